The van der Waals surface area contributed by atoms with Crippen molar-refractivity contribution in [3.8, 4) is 122 Å². The van der Waals surface area contributed by atoms with Gasteiger partial charge in [-0.2, -0.15) is 46.4 Å². The molecule has 6 aliphatic rings. The summed E-state index contributed by atoms with van der Waals surface area (Å²) in [5, 5.41) is 55.2. The van der Waals surface area contributed by atoms with E-state index in [1.165, 1.54) is 0 Å². The van der Waals surface area contributed by atoms with Gasteiger partial charge in [0, 0.05) is 233 Å². The molecule has 3 amide bonds. The van der Waals surface area contributed by atoms with Gasteiger partial charge in [-0.25, -0.2) is 28.5 Å². The Kier molecular flexibility index (Phi) is 18.4. The first-order valence-electron chi connectivity index (χ1n) is 36.6. The Morgan fingerprint density at radius 2 is 0.691 bits per heavy atom. The molecular weight excluding hydrogens is 1380 g/mol. The number of aryl methyl sites for hydroxylation is 3. The molecule has 12 aromatic rings. The smallest absolute Gasteiger partial charge is 0.298 e. The number of amides is 3. The van der Waals surface area contributed by atoms with Gasteiger partial charge in [0.25, 0.3) is 17.7 Å². The Labute approximate surface area is 634 Å². The zero-order chi connectivity index (χ0) is 76.0. The van der Waals surface area contributed by atoms with E-state index in [-0.39, 0.29) is 34.0 Å². The fourth-order valence-electron chi connectivity index (χ4n) is 16.9. The lowest BCUT2D eigenvalue weighted by molar-refractivity contribution is -0.138. The summed E-state index contributed by atoms with van der Waals surface area (Å²) in [6, 6.07) is 25.3. The lowest BCUT2D eigenvalue weighted by atomic mass is 9.72. The van der Waals surface area contributed by atoms with Crippen molar-refractivity contribution in [1.29, 1.82) is 15.8 Å². The third kappa shape index (κ3) is 13.5. The van der Waals surface area contributed by atoms with Gasteiger partial charge in [-0.05, 0) is 129 Å². The first-order valence-corrected chi connectivity index (χ1v) is 36.6. The average molecular weight is 1460 g/mol. The Morgan fingerprint density at radius 1 is 0.355 bits per heavy atom. The van der Waals surface area contributed by atoms with Gasteiger partial charge in [-0.1, -0.05) is 0 Å². The molecule has 1 unspecified atom stereocenters. The van der Waals surface area contributed by atoms with Gasteiger partial charge in [0.1, 0.15) is 35.7 Å². The number of carbonyl (C=O) groups excluding carboxylic acids is 3. The van der Waals surface area contributed by atoms with E-state index in [4.69, 9.17) is 34.2 Å². The van der Waals surface area contributed by atoms with Crippen LogP contribution in [0.4, 0.5) is 17.5 Å². The molecule has 27 heteroatoms. The normalized spacial score (nSPS) is 17.5. The van der Waals surface area contributed by atoms with Crippen LogP contribution in [0.3, 0.4) is 0 Å². The molecule has 0 aromatic carbocycles. The third-order valence-corrected chi connectivity index (χ3v) is 22.9. The van der Waals surface area contributed by atoms with Gasteiger partial charge in [-0.3, -0.25) is 28.4 Å². The van der Waals surface area contributed by atoms with E-state index in [1.54, 1.807) is 56.0 Å². The summed E-state index contributed by atoms with van der Waals surface area (Å²) in [6.45, 7) is 9.82. The molecule has 6 aliphatic heterocycles. The monoisotopic (exact) mass is 1460 g/mol. The number of likely N-dealkylation sites (tertiary alicyclic amines) is 3. The minimum atomic E-state index is -0.215. The van der Waals surface area contributed by atoms with E-state index >= 15 is 0 Å². The number of pyridine rings is 6. The molecule has 18 rings (SSSR count). The van der Waals surface area contributed by atoms with Crippen LogP contribution in [-0.2, 0) is 35.5 Å². The van der Waals surface area contributed by atoms with Gasteiger partial charge in [0.05, 0.1) is 70.4 Å². The molecule has 0 aliphatic carbocycles. The van der Waals surface area contributed by atoms with Crippen molar-refractivity contribution in [3.05, 3.63) is 164 Å². The predicted octanol–water partition coefficient (Wildman–Crippen LogP) is 8.97. The molecule has 0 saturated carbocycles. The quantitative estimate of drug-likeness (QED) is 0.122. The summed E-state index contributed by atoms with van der Waals surface area (Å²) in [6.07, 6.45) is 51.5. The summed E-state index contributed by atoms with van der Waals surface area (Å²) in [5.74, 6) is 8.88. The highest BCUT2D eigenvalue weighted by Crippen LogP contribution is 2.45. The van der Waals surface area contributed by atoms with Crippen molar-refractivity contribution >= 4 is 51.7 Å². The molecule has 546 valence electrons. The minimum absolute atomic E-state index is 0.0641. The summed E-state index contributed by atoms with van der Waals surface area (Å²) >= 11 is 0. The second-order valence-electron chi connectivity index (χ2n) is 29.8. The third-order valence-electron chi connectivity index (χ3n) is 22.9. The highest BCUT2D eigenvalue weighted by Gasteiger charge is 2.47. The van der Waals surface area contributed by atoms with E-state index in [2.05, 4.69) is 118 Å². The number of nitriles is 3. The van der Waals surface area contributed by atoms with Gasteiger partial charge in [-0.15, -0.1) is 19.3 Å². The van der Waals surface area contributed by atoms with Crippen molar-refractivity contribution in [1.82, 2.24) is 87.8 Å². The molecule has 6 fully saturated rings. The summed E-state index contributed by atoms with van der Waals surface area (Å²) in [5.41, 5.74) is 15.5. The van der Waals surface area contributed by atoms with Crippen LogP contribution in [-0.4, -0.2) is 184 Å². The van der Waals surface area contributed by atoms with Crippen molar-refractivity contribution in [2.45, 2.75) is 51.4 Å². The van der Waals surface area contributed by atoms with Crippen molar-refractivity contribution in [3.63, 3.8) is 0 Å². The molecule has 0 bridgehead atoms. The van der Waals surface area contributed by atoms with Crippen LogP contribution < -0.4 is 14.7 Å². The van der Waals surface area contributed by atoms with Crippen molar-refractivity contribution in [2.75, 3.05) is 93.2 Å². The standard InChI is InChI=1S/2C28H26N8O.C27H24N8O/c1-3-26(37)35-10-8-28(19-35)7-4-9-34(18-28)25-6-5-20(13-30-25)24-11-21(23-15-31-33(2)16-23)17-36-27(24)22(12-29)14-32-36;1-3-26(37)35-11-8-28(19-35)6-9-34(10-7-28)25-5-4-20(14-30-25)24-12-21(23-16-31-33(2)17-23)18-36-27(24)22(13-29)15-32-36;1-3-25(36)34-17-27(18-34)6-8-33(9-7-27)24-5-4-19(12-29-24)23-10-20(22-14-30-32(2)15-22)16-35-26(23)21(11-28)13-31-35/h1,5-6,11,13-17H,4,7-10,18-19H2,2H3;1,4-5,12,14-18H,6-11,19H2,2H3;1,4-5,10,12-16H,6-9,17-18H2,2H3. The van der Waals surface area contributed by atoms with Crippen LogP contribution in [0.2, 0.25) is 0 Å². The van der Waals surface area contributed by atoms with Crippen molar-refractivity contribution < 1.29 is 14.4 Å². The first kappa shape index (κ1) is 70.4. The minimum Gasteiger partial charge on any atom is -0.357 e. The Hall–Kier alpha value is -13.9. The molecular formula is C83H76N24O3. The molecule has 18 heterocycles. The number of rotatable bonds is 9. The highest BCUT2D eigenvalue weighted by molar-refractivity contribution is 5.95. The van der Waals surface area contributed by atoms with Gasteiger partial charge < -0.3 is 29.4 Å². The SMILES string of the molecule is C#CC(=O)N1CC2(CCN(c3ccc(-c4cc(-c5cnn(C)c5)cn5ncc(C#N)c45)cn3)CC2)C1.C#CC(=O)N1CCC2(CCCN(c3ccc(-c4cc(-c5cnn(C)c5)cn5ncc(C#N)c45)cn3)C2)C1.C#CC(=O)N1CCC2(CCN(c3ccc(-c4cc(-c5cnn(C)c5)cn5ncc(C#N)c45)cn3)CC2)C1. The number of anilines is 3. The van der Waals surface area contributed by atoms with E-state index < -0.39 is 0 Å². The van der Waals surface area contributed by atoms with Gasteiger partial charge in [0.2, 0.25) is 0 Å². The highest BCUT2D eigenvalue weighted by atomic mass is 16.2. The number of hydrogen-bond donors (Lipinski definition) is 0. The Bertz CT molecular complexity index is 5850. The fraction of sp³-hybridized carbons (Fsp3) is 0.313. The predicted molar refractivity (Wildman–Crippen MR) is 413 cm³/mol. The number of piperidine rings is 3. The average Bonchev–Trinajstić information content (AvgIpc) is 1.50. The Morgan fingerprint density at radius 3 is 1.05 bits per heavy atom. The maximum atomic E-state index is 12.0. The lowest BCUT2D eigenvalue weighted by Crippen LogP contribution is -2.61. The van der Waals surface area contributed by atoms with Crippen LogP contribution >= 0.6 is 0 Å². The number of terminal acetylenes is 3. The van der Waals surface area contributed by atoms with Crippen molar-refractivity contribution in [2.24, 2.45) is 37.4 Å². The number of aromatic nitrogens is 15. The molecule has 6 saturated heterocycles. The maximum Gasteiger partial charge on any atom is 0.298 e. The Balaban J connectivity index is 0.000000125. The molecule has 27 nitrogen and oxygen atoms in total. The van der Waals surface area contributed by atoms with E-state index in [9.17, 15) is 30.2 Å². The van der Waals surface area contributed by atoms with E-state index in [1.807, 2.05) is 119 Å². The van der Waals surface area contributed by atoms with E-state index in [0.717, 1.165) is 224 Å². The van der Waals surface area contributed by atoms with Gasteiger partial charge >= 0.3 is 0 Å². The van der Waals surface area contributed by atoms with Crippen LogP contribution in [0.25, 0.3) is 83.3 Å². The second-order valence-corrected chi connectivity index (χ2v) is 29.8. The number of fused-ring (bicyclic) bond motifs is 3. The fourth-order valence-corrected chi connectivity index (χ4v) is 16.9. The largest absolute Gasteiger partial charge is 0.357 e. The number of carbonyl (C=O) groups is 3. The molecule has 0 radical (unpaired) electrons. The van der Waals surface area contributed by atoms with Crippen LogP contribution in [0, 0.1) is 87.3 Å². The maximum absolute atomic E-state index is 12.0. The summed E-state index contributed by atoms with van der Waals surface area (Å²) in [7, 11) is 5.65. The lowest BCUT2D eigenvalue weighted by Gasteiger charge is -2.53. The second kappa shape index (κ2) is 28.8. The first-order chi connectivity index (χ1) is 53.4. The molecule has 110 heavy (non-hydrogen) atoms. The zero-order valence-corrected chi connectivity index (χ0v) is 61.2. The molecule has 12 aromatic heterocycles. The molecule has 1 atom stereocenters. The number of hydrogen-bond acceptors (Lipinski definition) is 18. The summed E-state index contributed by atoms with van der Waals surface area (Å²) < 4.78 is 10.5. The number of nitrogens with zero attached hydrogens (tertiary/aromatic N) is 24. The summed E-state index contributed by atoms with van der Waals surface area (Å²) in [4.78, 5) is 62.4. The van der Waals surface area contributed by atoms with E-state index in [0.29, 0.717) is 23.2 Å². The van der Waals surface area contributed by atoms with Crippen LogP contribution in [0.15, 0.2) is 148 Å². The topological polar surface area (TPSA) is 286 Å². The molecule has 3 spiro atoms. The van der Waals surface area contributed by atoms with Gasteiger partial charge in [0.15, 0.2) is 0 Å². The van der Waals surface area contributed by atoms with Crippen LogP contribution in [0.1, 0.15) is 68.1 Å². The van der Waals surface area contributed by atoms with Crippen LogP contribution in [0.5, 0.6) is 0 Å². The zero-order valence-electron chi connectivity index (χ0n) is 61.2. The molecule has 0 N–H and O–H groups in total.